The van der Waals surface area contributed by atoms with Gasteiger partial charge in [0.2, 0.25) is 0 Å². The van der Waals surface area contributed by atoms with Gasteiger partial charge in [-0.3, -0.25) is 0 Å². The van der Waals surface area contributed by atoms with E-state index in [9.17, 15) is 9.59 Å². The lowest BCUT2D eigenvalue weighted by Crippen LogP contribution is -2.20. The molecule has 0 unspecified atom stereocenters. The van der Waals surface area contributed by atoms with Crippen molar-refractivity contribution in [3.8, 4) is 5.75 Å². The minimum atomic E-state index is -0.520. The predicted molar refractivity (Wildman–Crippen MR) is 71.7 cm³/mol. The van der Waals surface area contributed by atoms with E-state index in [1.54, 1.807) is 25.1 Å². The van der Waals surface area contributed by atoms with Crippen LogP contribution in [0.1, 0.15) is 12.5 Å². The van der Waals surface area contributed by atoms with Crippen molar-refractivity contribution in [1.29, 1.82) is 0 Å². The van der Waals surface area contributed by atoms with Gasteiger partial charge in [-0.2, -0.15) is 0 Å². The first-order valence-electron chi connectivity index (χ1n) is 6.07. The predicted octanol–water partition coefficient (Wildman–Crippen LogP) is 1.82. The van der Waals surface area contributed by atoms with E-state index in [0.29, 0.717) is 0 Å². The third-order valence-electron chi connectivity index (χ3n) is 2.79. The zero-order chi connectivity index (χ0) is 14.5. The van der Waals surface area contributed by atoms with Crippen LogP contribution in [0.3, 0.4) is 0 Å². The highest BCUT2D eigenvalue weighted by molar-refractivity contribution is 5.87. The number of hydrogen-bond donors (Lipinski definition) is 1. The van der Waals surface area contributed by atoms with Crippen LogP contribution in [0.15, 0.2) is 42.0 Å². The largest absolute Gasteiger partial charge is 0.508 e. The van der Waals surface area contributed by atoms with Crippen molar-refractivity contribution in [2.24, 2.45) is 0 Å². The second-order valence-corrected chi connectivity index (χ2v) is 4.37. The molecule has 0 fully saturated rings. The lowest BCUT2D eigenvalue weighted by Gasteiger charge is -2.10. The van der Waals surface area contributed by atoms with Crippen LogP contribution in [-0.2, 0) is 19.1 Å². The summed E-state index contributed by atoms with van der Waals surface area (Å²) in [5.74, 6) is -0.771. The quantitative estimate of drug-likeness (QED) is 0.669. The Morgan fingerprint density at radius 3 is 2.70 bits per heavy atom. The van der Waals surface area contributed by atoms with Crippen LogP contribution in [0.4, 0.5) is 0 Å². The molecule has 5 heteroatoms. The van der Waals surface area contributed by atoms with Crippen molar-refractivity contribution in [3.63, 3.8) is 0 Å². The summed E-state index contributed by atoms with van der Waals surface area (Å²) in [6.07, 6.45) is 3.74. The number of cyclic esters (lactones) is 1. The zero-order valence-corrected chi connectivity index (χ0v) is 10.9. The Bertz CT molecular complexity index is 568. The molecule has 0 spiro atoms. The van der Waals surface area contributed by atoms with Gasteiger partial charge in [-0.25, -0.2) is 9.59 Å². The number of esters is 2. The standard InChI is InChI=1S/C15H14O5/c1-10-8-15(18)20-13(10)9-19-14(17)7-4-11-2-5-12(16)6-3-11/h2-8,13,16H,9H2,1H3/b7-4-/t13-/m1/s1. The first-order valence-corrected chi connectivity index (χ1v) is 6.07. The lowest BCUT2D eigenvalue weighted by molar-refractivity contribution is -0.148. The summed E-state index contributed by atoms with van der Waals surface area (Å²) in [5, 5.41) is 9.12. The minimum Gasteiger partial charge on any atom is -0.508 e. The fourth-order valence-electron chi connectivity index (χ4n) is 1.67. The molecule has 1 aliphatic rings. The van der Waals surface area contributed by atoms with Crippen molar-refractivity contribution in [2.45, 2.75) is 13.0 Å². The van der Waals surface area contributed by atoms with Crippen molar-refractivity contribution in [1.82, 2.24) is 0 Å². The number of hydrogen-bond acceptors (Lipinski definition) is 5. The highest BCUT2D eigenvalue weighted by atomic mass is 16.6. The molecule has 0 radical (unpaired) electrons. The Labute approximate surface area is 116 Å². The SMILES string of the molecule is CC1=CC(=O)O[C@@H]1COC(=O)/C=C\c1ccc(O)cc1. The van der Waals surface area contributed by atoms with Crippen LogP contribution in [0.25, 0.3) is 6.08 Å². The fraction of sp³-hybridized carbons (Fsp3) is 0.200. The van der Waals surface area contributed by atoms with Gasteiger partial charge in [0.1, 0.15) is 12.4 Å². The summed E-state index contributed by atoms with van der Waals surface area (Å²) in [4.78, 5) is 22.5. The van der Waals surface area contributed by atoms with Crippen LogP contribution < -0.4 is 0 Å². The van der Waals surface area contributed by atoms with Crippen LogP contribution in [0.2, 0.25) is 0 Å². The molecule has 0 aliphatic carbocycles. The molecular formula is C15H14O5. The van der Waals surface area contributed by atoms with Crippen LogP contribution in [0, 0.1) is 0 Å². The maximum Gasteiger partial charge on any atom is 0.331 e. The van der Waals surface area contributed by atoms with Gasteiger partial charge < -0.3 is 14.6 Å². The second-order valence-electron chi connectivity index (χ2n) is 4.37. The number of phenolic OH excluding ortho intramolecular Hbond substituents is 1. The Morgan fingerprint density at radius 2 is 2.10 bits per heavy atom. The monoisotopic (exact) mass is 274 g/mol. The fourth-order valence-corrected chi connectivity index (χ4v) is 1.67. The number of carbonyl (C=O) groups is 2. The summed E-state index contributed by atoms with van der Waals surface area (Å²) in [7, 11) is 0. The number of aromatic hydroxyl groups is 1. The third-order valence-corrected chi connectivity index (χ3v) is 2.79. The second kappa shape index (κ2) is 6.06. The van der Waals surface area contributed by atoms with E-state index in [1.807, 2.05) is 0 Å². The van der Waals surface area contributed by atoms with Crippen molar-refractivity contribution >= 4 is 18.0 Å². The maximum atomic E-state index is 11.5. The van der Waals surface area contributed by atoms with Gasteiger partial charge in [-0.15, -0.1) is 0 Å². The topological polar surface area (TPSA) is 72.8 Å². The van der Waals surface area contributed by atoms with E-state index in [-0.39, 0.29) is 12.4 Å². The molecule has 0 saturated carbocycles. The number of phenols is 1. The third kappa shape index (κ3) is 3.71. The van der Waals surface area contributed by atoms with Crippen LogP contribution in [-0.4, -0.2) is 29.8 Å². The molecule has 0 amide bonds. The van der Waals surface area contributed by atoms with Gasteiger partial charge >= 0.3 is 11.9 Å². The summed E-state index contributed by atoms with van der Waals surface area (Å²) >= 11 is 0. The molecule has 0 saturated heterocycles. The van der Waals surface area contributed by atoms with E-state index in [0.717, 1.165) is 11.1 Å². The van der Waals surface area contributed by atoms with Gasteiger partial charge in [0.25, 0.3) is 0 Å². The molecule has 0 bridgehead atoms. The smallest absolute Gasteiger partial charge is 0.331 e. The molecule has 20 heavy (non-hydrogen) atoms. The molecule has 1 atom stereocenters. The highest BCUT2D eigenvalue weighted by Crippen LogP contribution is 2.15. The highest BCUT2D eigenvalue weighted by Gasteiger charge is 2.23. The van der Waals surface area contributed by atoms with Gasteiger partial charge in [0.05, 0.1) is 0 Å². The normalized spacial score (nSPS) is 17.9. The average Bonchev–Trinajstić information content (AvgIpc) is 2.74. The zero-order valence-electron chi connectivity index (χ0n) is 10.9. The molecular weight excluding hydrogens is 260 g/mol. The summed E-state index contributed by atoms with van der Waals surface area (Å²) < 4.78 is 9.94. The Hall–Kier alpha value is -2.56. The Kier molecular flexibility index (Phi) is 4.20. The average molecular weight is 274 g/mol. The van der Waals surface area contributed by atoms with Gasteiger partial charge in [0.15, 0.2) is 6.10 Å². The minimum absolute atomic E-state index is 0.00677. The molecule has 2 rings (SSSR count). The van der Waals surface area contributed by atoms with E-state index < -0.39 is 18.0 Å². The molecule has 1 aromatic carbocycles. The van der Waals surface area contributed by atoms with E-state index in [2.05, 4.69) is 0 Å². The Balaban J connectivity index is 1.82. The lowest BCUT2D eigenvalue weighted by atomic mass is 10.2. The number of ether oxygens (including phenoxy) is 2. The molecule has 1 heterocycles. The summed E-state index contributed by atoms with van der Waals surface area (Å²) in [5.41, 5.74) is 1.51. The number of carbonyl (C=O) groups excluding carboxylic acids is 2. The Morgan fingerprint density at radius 1 is 1.40 bits per heavy atom. The first kappa shape index (κ1) is 13.9. The van der Waals surface area contributed by atoms with E-state index >= 15 is 0 Å². The van der Waals surface area contributed by atoms with Crippen molar-refractivity contribution < 1.29 is 24.2 Å². The number of rotatable bonds is 4. The molecule has 1 aromatic rings. The van der Waals surface area contributed by atoms with Crippen LogP contribution >= 0.6 is 0 Å². The number of benzene rings is 1. The van der Waals surface area contributed by atoms with Gasteiger partial charge in [0, 0.05) is 12.2 Å². The maximum absolute atomic E-state index is 11.5. The van der Waals surface area contributed by atoms with E-state index in [1.165, 1.54) is 24.3 Å². The summed E-state index contributed by atoms with van der Waals surface area (Å²) in [6, 6.07) is 6.39. The summed E-state index contributed by atoms with van der Waals surface area (Å²) in [6.45, 7) is 1.75. The van der Waals surface area contributed by atoms with E-state index in [4.69, 9.17) is 14.6 Å². The molecule has 1 aliphatic heterocycles. The molecule has 0 aromatic heterocycles. The van der Waals surface area contributed by atoms with Crippen molar-refractivity contribution in [2.75, 3.05) is 6.61 Å². The van der Waals surface area contributed by atoms with Crippen molar-refractivity contribution in [3.05, 3.63) is 47.6 Å². The molecule has 104 valence electrons. The first-order chi connectivity index (χ1) is 9.54. The van der Waals surface area contributed by atoms with Gasteiger partial charge in [-0.05, 0) is 36.3 Å². The van der Waals surface area contributed by atoms with Gasteiger partial charge in [-0.1, -0.05) is 12.1 Å². The van der Waals surface area contributed by atoms with Crippen LogP contribution in [0.5, 0.6) is 5.75 Å². The molecule has 5 nitrogen and oxygen atoms in total. The molecule has 1 N–H and O–H groups in total.